The molecule has 2 saturated carbocycles. The van der Waals surface area contributed by atoms with Gasteiger partial charge >= 0.3 is 0 Å². The number of hydrogen-bond acceptors (Lipinski definition) is 7. The van der Waals surface area contributed by atoms with Gasteiger partial charge in [-0.15, -0.1) is 0 Å². The van der Waals surface area contributed by atoms with E-state index >= 15 is 0 Å². The Labute approximate surface area is 249 Å². The summed E-state index contributed by atoms with van der Waals surface area (Å²) in [6.45, 7) is 13.2. The summed E-state index contributed by atoms with van der Waals surface area (Å²) >= 11 is 0. The van der Waals surface area contributed by atoms with Crippen molar-refractivity contribution in [3.8, 4) is 0 Å². The number of Topliss-reactive ketones (excluding diaryl/α,β-unsaturated/α-hetero) is 2. The molecule has 8 nitrogen and oxygen atoms in total. The number of benzene rings is 2. The maximum atomic E-state index is 12.2. The van der Waals surface area contributed by atoms with Crippen molar-refractivity contribution in [1.82, 2.24) is 4.47 Å². The molecule has 2 aromatic rings. The molecule has 1 heterocycles. The summed E-state index contributed by atoms with van der Waals surface area (Å²) in [7, 11) is -3.55. The number of allylic oxidation sites excluding steroid dienone is 2. The van der Waals surface area contributed by atoms with Gasteiger partial charge in [-0.05, 0) is 86.0 Å². The molecular formula is C33H43NO7S. The molecule has 1 aliphatic heterocycles. The van der Waals surface area contributed by atoms with Crippen LogP contribution in [0.15, 0.2) is 88.9 Å². The molecule has 2 aliphatic carbocycles. The molecule has 0 bridgehead atoms. The molecule has 2 aromatic carbocycles. The van der Waals surface area contributed by atoms with Crippen molar-refractivity contribution in [3.63, 3.8) is 0 Å². The number of hydrogen-bond donors (Lipinski definition) is 2. The fraction of sp³-hybridized carbons (Fsp3) is 0.455. The third-order valence-electron chi connectivity index (χ3n) is 7.96. The van der Waals surface area contributed by atoms with Gasteiger partial charge in [-0.3, -0.25) is 14.4 Å². The third kappa shape index (κ3) is 7.90. The number of ketones is 2. The SMILES string of the molecule is C=C(C)C1(O)CCC(C)C(O)C1=O.CC(C)=C1CCC(C)CC1=O.O=S(=O)(c1ccccc1)N1OC1c1ccccc1. The topological polar surface area (TPSA) is 124 Å². The Morgan fingerprint density at radius 2 is 1.55 bits per heavy atom. The second-order valence-corrected chi connectivity index (χ2v) is 13.4. The number of aliphatic hydroxyl groups excluding tert-OH is 1. The van der Waals surface area contributed by atoms with Crippen LogP contribution < -0.4 is 0 Å². The van der Waals surface area contributed by atoms with Crippen LogP contribution in [-0.4, -0.2) is 46.4 Å². The van der Waals surface area contributed by atoms with Gasteiger partial charge in [0.1, 0.15) is 11.7 Å². The van der Waals surface area contributed by atoms with Gasteiger partial charge < -0.3 is 10.2 Å². The number of nitrogens with zero attached hydrogens (tertiary/aromatic N) is 1. The van der Waals surface area contributed by atoms with Crippen molar-refractivity contribution in [2.45, 2.75) is 89.6 Å². The lowest BCUT2D eigenvalue weighted by Gasteiger charge is -2.36. The first-order valence-corrected chi connectivity index (χ1v) is 15.8. The minimum atomic E-state index is -3.55. The van der Waals surface area contributed by atoms with Crippen LogP contribution in [0.3, 0.4) is 0 Å². The molecule has 3 aliphatic rings. The zero-order valence-electron chi connectivity index (χ0n) is 25.1. The third-order valence-corrected chi connectivity index (χ3v) is 9.58. The lowest BCUT2D eigenvalue weighted by atomic mass is 9.73. The highest BCUT2D eigenvalue weighted by molar-refractivity contribution is 7.89. The van der Waals surface area contributed by atoms with Crippen molar-refractivity contribution in [1.29, 1.82) is 0 Å². The van der Waals surface area contributed by atoms with Crippen LogP contribution in [0.4, 0.5) is 0 Å². The van der Waals surface area contributed by atoms with Gasteiger partial charge in [0.05, 0.1) is 4.90 Å². The maximum absolute atomic E-state index is 12.2. The molecule has 0 spiro atoms. The molecule has 1 saturated heterocycles. The predicted molar refractivity (Wildman–Crippen MR) is 161 cm³/mol. The Balaban J connectivity index is 0.000000180. The minimum Gasteiger partial charge on any atom is -0.385 e. The number of carbonyl (C=O) groups is 2. The second-order valence-electron chi connectivity index (χ2n) is 11.7. The highest BCUT2D eigenvalue weighted by atomic mass is 32.2. The van der Waals surface area contributed by atoms with Crippen LogP contribution in [0.5, 0.6) is 0 Å². The second kappa shape index (κ2) is 14.0. The van der Waals surface area contributed by atoms with Crippen molar-refractivity contribution < 1.29 is 33.1 Å². The zero-order chi connectivity index (χ0) is 31.2. The first-order chi connectivity index (χ1) is 19.7. The van der Waals surface area contributed by atoms with Gasteiger partial charge in [0.2, 0.25) is 0 Å². The van der Waals surface area contributed by atoms with Crippen LogP contribution in [0.1, 0.15) is 78.5 Å². The number of hydroxylamine groups is 1. The van der Waals surface area contributed by atoms with Crippen LogP contribution >= 0.6 is 0 Å². The molecular weight excluding hydrogens is 554 g/mol. The van der Waals surface area contributed by atoms with Crippen molar-refractivity contribution in [2.75, 3.05) is 0 Å². The summed E-state index contributed by atoms with van der Waals surface area (Å²) in [4.78, 5) is 28.3. The average molecular weight is 598 g/mol. The molecule has 9 heteroatoms. The molecule has 42 heavy (non-hydrogen) atoms. The Kier molecular flexibility index (Phi) is 11.2. The molecule has 0 radical (unpaired) electrons. The number of sulfonamides is 1. The van der Waals surface area contributed by atoms with E-state index < -0.39 is 33.7 Å². The molecule has 6 atom stereocenters. The normalized spacial score (nSPS) is 28.9. The first-order valence-electron chi connectivity index (χ1n) is 14.3. The lowest BCUT2D eigenvalue weighted by Crippen LogP contribution is -2.52. The monoisotopic (exact) mass is 597 g/mol. The van der Waals surface area contributed by atoms with Gasteiger partial charge in [0, 0.05) is 12.0 Å². The summed E-state index contributed by atoms with van der Waals surface area (Å²) in [5.41, 5.74) is 2.05. The molecule has 0 aromatic heterocycles. The van der Waals surface area contributed by atoms with Gasteiger partial charge in [-0.25, -0.2) is 8.42 Å². The number of aliphatic hydroxyl groups is 2. The van der Waals surface area contributed by atoms with E-state index in [-0.39, 0.29) is 10.8 Å². The maximum Gasteiger partial charge on any atom is 0.267 e. The van der Waals surface area contributed by atoms with Crippen molar-refractivity contribution >= 4 is 21.6 Å². The van der Waals surface area contributed by atoms with E-state index in [0.29, 0.717) is 30.1 Å². The fourth-order valence-corrected chi connectivity index (χ4v) is 6.27. The molecule has 6 unspecified atom stereocenters. The Morgan fingerprint density at radius 3 is 2.07 bits per heavy atom. The largest absolute Gasteiger partial charge is 0.385 e. The van der Waals surface area contributed by atoms with E-state index in [1.165, 1.54) is 12.0 Å². The van der Waals surface area contributed by atoms with Crippen molar-refractivity contribution in [2.24, 2.45) is 11.8 Å². The summed E-state index contributed by atoms with van der Waals surface area (Å²) < 4.78 is 25.4. The Bertz CT molecular complexity index is 1400. The average Bonchev–Trinajstić information content (AvgIpc) is 3.78. The predicted octanol–water partition coefficient (Wildman–Crippen LogP) is 5.69. The minimum absolute atomic E-state index is 0.0628. The Morgan fingerprint density at radius 1 is 0.976 bits per heavy atom. The summed E-state index contributed by atoms with van der Waals surface area (Å²) in [6.07, 6.45) is 2.43. The smallest absolute Gasteiger partial charge is 0.267 e. The fourth-order valence-electron chi connectivity index (χ4n) is 5.00. The highest BCUT2D eigenvalue weighted by Gasteiger charge is 2.48. The summed E-state index contributed by atoms with van der Waals surface area (Å²) in [5.74, 6) is 0.417. The quantitative estimate of drug-likeness (QED) is 0.264. The number of rotatable bonds is 4. The van der Waals surface area contributed by atoms with E-state index in [9.17, 15) is 28.2 Å². The van der Waals surface area contributed by atoms with Gasteiger partial charge in [-0.1, -0.05) is 74.5 Å². The van der Waals surface area contributed by atoms with E-state index in [1.807, 2.05) is 44.2 Å². The van der Waals surface area contributed by atoms with Gasteiger partial charge in [0.25, 0.3) is 10.0 Å². The highest BCUT2D eigenvalue weighted by Crippen LogP contribution is 2.42. The standard InChI is InChI=1S/C13H11NO3S.C10H16O3.C10H16O/c15-18(16,12-9-5-2-6-10-12)14-13(17-14)11-7-3-1-4-8-11;1-6(2)10(13)5-4-7(3)8(11)9(10)12;1-7(2)9-5-4-8(3)6-10(9)11/h1-10,13H;7-8,11,13H,1,4-5H2,2-3H3;8H,4-6H2,1-3H3. The van der Waals surface area contributed by atoms with Gasteiger partial charge in [-0.2, -0.15) is 0 Å². The first kappa shape index (κ1) is 33.6. The lowest BCUT2D eigenvalue weighted by molar-refractivity contribution is -0.151. The molecule has 228 valence electrons. The van der Waals surface area contributed by atoms with Crippen LogP contribution in [0, 0.1) is 11.8 Å². The van der Waals surface area contributed by atoms with Gasteiger partial charge in [0.15, 0.2) is 17.8 Å². The van der Waals surface area contributed by atoms with E-state index in [0.717, 1.165) is 28.4 Å². The summed E-state index contributed by atoms with van der Waals surface area (Å²) in [6, 6.07) is 17.5. The molecule has 2 N–H and O–H groups in total. The van der Waals surface area contributed by atoms with Crippen molar-refractivity contribution in [3.05, 3.63) is 89.5 Å². The Hall–Kier alpha value is -2.95. The van der Waals surface area contributed by atoms with E-state index in [1.54, 1.807) is 44.2 Å². The van der Waals surface area contributed by atoms with Crippen LogP contribution in [-0.2, 0) is 24.4 Å². The van der Waals surface area contributed by atoms with E-state index in [4.69, 9.17) is 4.84 Å². The molecule has 3 fully saturated rings. The summed E-state index contributed by atoms with van der Waals surface area (Å²) in [5, 5.41) is 19.4. The van der Waals surface area contributed by atoms with Crippen LogP contribution in [0.2, 0.25) is 0 Å². The number of carbonyl (C=O) groups excluding carboxylic acids is 2. The van der Waals surface area contributed by atoms with Crippen LogP contribution in [0.25, 0.3) is 0 Å². The molecule has 0 amide bonds. The molecule has 5 rings (SSSR count). The van der Waals surface area contributed by atoms with E-state index in [2.05, 4.69) is 13.5 Å². The zero-order valence-corrected chi connectivity index (χ0v) is 25.9.